The van der Waals surface area contributed by atoms with Gasteiger partial charge in [-0.25, -0.2) is 4.98 Å². The van der Waals surface area contributed by atoms with Gasteiger partial charge >= 0.3 is 6.18 Å². The zero-order valence-electron chi connectivity index (χ0n) is 19.6. The van der Waals surface area contributed by atoms with E-state index in [1.165, 1.54) is 12.1 Å². The third-order valence-electron chi connectivity index (χ3n) is 6.10. The van der Waals surface area contributed by atoms with Gasteiger partial charge in [-0.2, -0.15) is 13.2 Å². The minimum atomic E-state index is -4.42. The van der Waals surface area contributed by atoms with Crippen LogP contribution in [0, 0.1) is 0 Å². The van der Waals surface area contributed by atoms with E-state index in [1.54, 1.807) is 12.3 Å². The second-order valence-electron chi connectivity index (χ2n) is 8.55. The Labute approximate surface area is 203 Å². The van der Waals surface area contributed by atoms with Crippen LogP contribution in [0.15, 0.2) is 77.9 Å². The number of hydrogen-bond acceptors (Lipinski definition) is 4. The Hall–Kier alpha value is -3.59. The molecule has 6 nitrogen and oxygen atoms in total. The van der Waals surface area contributed by atoms with Crippen molar-refractivity contribution in [2.24, 2.45) is 10.7 Å². The van der Waals surface area contributed by atoms with E-state index in [4.69, 9.17) is 5.73 Å². The highest BCUT2D eigenvalue weighted by Crippen LogP contribution is 2.40. The summed E-state index contributed by atoms with van der Waals surface area (Å²) in [4.78, 5) is 10.8. The second-order valence-corrected chi connectivity index (χ2v) is 8.55. The van der Waals surface area contributed by atoms with Gasteiger partial charge in [0.1, 0.15) is 5.82 Å². The van der Waals surface area contributed by atoms with E-state index >= 15 is 0 Å². The van der Waals surface area contributed by atoms with Crippen LogP contribution in [0.2, 0.25) is 0 Å². The quantitative estimate of drug-likeness (QED) is 0.446. The molecule has 1 fully saturated rings. The van der Waals surface area contributed by atoms with Gasteiger partial charge in [-0.3, -0.25) is 4.99 Å². The van der Waals surface area contributed by atoms with Crippen molar-refractivity contribution < 1.29 is 13.2 Å². The van der Waals surface area contributed by atoms with Gasteiger partial charge in [-0.05, 0) is 47.9 Å². The molecule has 4 rings (SSSR count). The van der Waals surface area contributed by atoms with Crippen molar-refractivity contribution in [3.05, 3.63) is 95.2 Å². The summed E-state index contributed by atoms with van der Waals surface area (Å²) in [6.45, 7) is 2.83. The topological polar surface area (TPSA) is 78.6 Å². The highest BCUT2D eigenvalue weighted by molar-refractivity contribution is 5.83. The van der Waals surface area contributed by atoms with E-state index in [2.05, 4.69) is 20.6 Å². The lowest BCUT2D eigenvalue weighted by atomic mass is 9.93. The average Bonchev–Trinajstić information content (AvgIpc) is 3.19. The van der Waals surface area contributed by atoms with Gasteiger partial charge in [0.25, 0.3) is 0 Å². The maximum atomic E-state index is 13.4. The molecule has 2 aromatic carbocycles. The van der Waals surface area contributed by atoms with Crippen molar-refractivity contribution in [3.8, 4) is 0 Å². The molecule has 2 unspecified atom stereocenters. The van der Waals surface area contributed by atoms with Crippen molar-refractivity contribution in [2.75, 3.05) is 25.5 Å². The van der Waals surface area contributed by atoms with Crippen LogP contribution in [0.4, 0.5) is 19.0 Å². The van der Waals surface area contributed by atoms with Gasteiger partial charge in [0.05, 0.1) is 24.2 Å². The minimum Gasteiger partial charge on any atom is -0.364 e. The number of guanidine groups is 1. The van der Waals surface area contributed by atoms with Crippen LogP contribution in [0.5, 0.6) is 0 Å². The van der Waals surface area contributed by atoms with E-state index in [0.29, 0.717) is 30.4 Å². The van der Waals surface area contributed by atoms with E-state index in [1.807, 2.05) is 61.3 Å². The Kier molecular flexibility index (Phi) is 7.25. The lowest BCUT2D eigenvalue weighted by molar-refractivity contribution is -0.137. The molecule has 3 aromatic rings. The third kappa shape index (κ3) is 5.57. The first kappa shape index (κ1) is 24.5. The van der Waals surface area contributed by atoms with E-state index < -0.39 is 17.8 Å². The maximum Gasteiger partial charge on any atom is 0.416 e. The van der Waals surface area contributed by atoms with E-state index in [9.17, 15) is 13.2 Å². The summed E-state index contributed by atoms with van der Waals surface area (Å²) in [5, 5.41) is 6.81. The van der Waals surface area contributed by atoms with Crippen LogP contribution in [0.1, 0.15) is 47.3 Å². The van der Waals surface area contributed by atoms with Crippen LogP contribution in [-0.4, -0.2) is 36.0 Å². The fraction of sp³-hybridized carbons (Fsp3) is 0.308. The number of benzene rings is 2. The first-order valence-corrected chi connectivity index (χ1v) is 11.5. The van der Waals surface area contributed by atoms with Crippen LogP contribution in [-0.2, 0) is 6.18 Å². The summed E-state index contributed by atoms with van der Waals surface area (Å²) in [5.74, 6) is 1.27. The van der Waals surface area contributed by atoms with Crippen LogP contribution >= 0.6 is 0 Å². The smallest absolute Gasteiger partial charge is 0.364 e. The highest BCUT2D eigenvalue weighted by Gasteiger charge is 2.39. The number of hydrogen-bond donors (Lipinski definition) is 3. The number of pyridine rings is 1. The van der Waals surface area contributed by atoms with Crippen molar-refractivity contribution in [1.82, 2.24) is 15.2 Å². The number of aliphatic imine (C=N–C) groups is 1. The fourth-order valence-corrected chi connectivity index (χ4v) is 4.35. The number of likely N-dealkylation sites (N-methyl/N-ethyl adjacent to an activating group) is 1. The molecule has 9 heteroatoms. The monoisotopic (exact) mass is 482 g/mol. The summed E-state index contributed by atoms with van der Waals surface area (Å²) >= 11 is 0. The standard InChI is InChI=1S/C26H29F3N6/c1-17(18-7-4-3-5-8-18)33-22-16-19(11-13-31-22)23-24(35(2)25(34-23)32-14-12-30)20-9-6-10-21(15-20)26(27,28)29/h3-11,13,15-17,23-24H,12,14,30H2,1-2H3,(H,31,33)(H,32,34)/t17-,23?,24?/m0/s1. The molecule has 35 heavy (non-hydrogen) atoms. The van der Waals surface area contributed by atoms with Crippen LogP contribution in [0.3, 0.4) is 0 Å². The second kappa shape index (κ2) is 10.4. The SMILES string of the molecule is C[C@H](Nc1cc(C2NC(=NCCN)N(C)C2c2cccc(C(F)(F)F)c2)ccn1)c1ccccc1. The molecule has 2 heterocycles. The number of aromatic nitrogens is 1. The lowest BCUT2D eigenvalue weighted by Gasteiger charge is -2.26. The van der Waals surface area contributed by atoms with Gasteiger partial charge in [0.2, 0.25) is 0 Å². The van der Waals surface area contributed by atoms with Crippen molar-refractivity contribution in [1.29, 1.82) is 0 Å². The Morgan fingerprint density at radius 3 is 2.57 bits per heavy atom. The van der Waals surface area contributed by atoms with E-state index in [-0.39, 0.29) is 12.1 Å². The molecule has 4 N–H and O–H groups in total. The lowest BCUT2D eigenvalue weighted by Crippen LogP contribution is -2.28. The number of halogens is 3. The fourth-order valence-electron chi connectivity index (χ4n) is 4.35. The molecule has 0 spiro atoms. The molecule has 0 aliphatic carbocycles. The molecular formula is C26H29F3N6. The number of nitrogens with two attached hydrogens (primary N) is 1. The maximum absolute atomic E-state index is 13.4. The summed E-state index contributed by atoms with van der Waals surface area (Å²) in [6.07, 6.45) is -2.72. The molecule has 0 bridgehead atoms. The summed E-state index contributed by atoms with van der Waals surface area (Å²) in [5.41, 5.74) is 7.50. The average molecular weight is 483 g/mol. The Morgan fingerprint density at radius 2 is 1.86 bits per heavy atom. The molecule has 0 amide bonds. The van der Waals surface area contributed by atoms with Crippen molar-refractivity contribution in [3.63, 3.8) is 0 Å². The molecule has 0 saturated carbocycles. The number of nitrogens with one attached hydrogen (secondary N) is 2. The normalized spacial score (nSPS) is 20.1. The van der Waals surface area contributed by atoms with Gasteiger partial charge < -0.3 is 21.3 Å². The molecule has 1 aliphatic heterocycles. The van der Waals surface area contributed by atoms with Crippen LogP contribution in [0.25, 0.3) is 0 Å². The van der Waals surface area contributed by atoms with Gasteiger partial charge in [0, 0.05) is 25.8 Å². The van der Waals surface area contributed by atoms with Crippen molar-refractivity contribution in [2.45, 2.75) is 31.2 Å². The molecule has 3 atom stereocenters. The van der Waals surface area contributed by atoms with Gasteiger partial charge in [0.15, 0.2) is 5.96 Å². The van der Waals surface area contributed by atoms with Gasteiger partial charge in [-0.15, -0.1) is 0 Å². The highest BCUT2D eigenvalue weighted by atomic mass is 19.4. The molecule has 184 valence electrons. The number of anilines is 1. The minimum absolute atomic E-state index is 0.0269. The Morgan fingerprint density at radius 1 is 1.09 bits per heavy atom. The number of rotatable bonds is 7. The zero-order chi connectivity index (χ0) is 25.0. The number of nitrogens with zero attached hydrogens (tertiary/aromatic N) is 3. The summed E-state index contributed by atoms with van der Waals surface area (Å²) in [7, 11) is 1.82. The molecule has 1 saturated heterocycles. The number of alkyl halides is 3. The molecule has 1 aliphatic rings. The zero-order valence-corrected chi connectivity index (χ0v) is 19.6. The molecule has 0 radical (unpaired) electrons. The predicted molar refractivity (Wildman–Crippen MR) is 132 cm³/mol. The van der Waals surface area contributed by atoms with Crippen molar-refractivity contribution >= 4 is 11.8 Å². The summed E-state index contributed by atoms with van der Waals surface area (Å²) < 4.78 is 40.3. The molecule has 1 aromatic heterocycles. The van der Waals surface area contributed by atoms with Crippen LogP contribution < -0.4 is 16.4 Å². The first-order chi connectivity index (χ1) is 16.8. The predicted octanol–water partition coefficient (Wildman–Crippen LogP) is 4.91. The Bertz CT molecular complexity index is 1170. The van der Waals surface area contributed by atoms with Gasteiger partial charge in [-0.1, -0.05) is 42.5 Å². The van der Waals surface area contributed by atoms with E-state index in [0.717, 1.165) is 17.2 Å². The third-order valence-corrected chi connectivity index (χ3v) is 6.10. The first-order valence-electron chi connectivity index (χ1n) is 11.5. The Balaban J connectivity index is 1.68. The largest absolute Gasteiger partial charge is 0.416 e. The summed E-state index contributed by atoms with van der Waals surface area (Å²) in [6, 6.07) is 18.6. The molecular weight excluding hydrogens is 453 g/mol.